The lowest BCUT2D eigenvalue weighted by Crippen LogP contribution is -2.28. The van der Waals surface area contributed by atoms with Crippen molar-refractivity contribution in [1.29, 1.82) is 0 Å². The Morgan fingerprint density at radius 3 is 2.76 bits per heavy atom. The SMILES string of the molecule is N[C@@H]1CCN(c2nc(Nc3ccc(Br)cc3)c3c(=O)[nH]ccc3n2)C1. The van der Waals surface area contributed by atoms with E-state index in [0.29, 0.717) is 29.2 Å². The summed E-state index contributed by atoms with van der Waals surface area (Å²) in [4.78, 5) is 26.2. The predicted molar refractivity (Wildman–Crippen MR) is 102 cm³/mol. The van der Waals surface area contributed by atoms with E-state index in [-0.39, 0.29) is 11.6 Å². The molecule has 1 fully saturated rings. The summed E-state index contributed by atoms with van der Waals surface area (Å²) in [6, 6.07) is 9.60. The van der Waals surface area contributed by atoms with Gasteiger partial charge in [0.2, 0.25) is 5.95 Å². The fraction of sp³-hybridized carbons (Fsp3) is 0.235. The van der Waals surface area contributed by atoms with Gasteiger partial charge in [-0.05, 0) is 36.8 Å². The molecule has 8 heteroatoms. The minimum Gasteiger partial charge on any atom is -0.339 e. The van der Waals surface area contributed by atoms with E-state index in [4.69, 9.17) is 5.73 Å². The van der Waals surface area contributed by atoms with Gasteiger partial charge >= 0.3 is 0 Å². The van der Waals surface area contributed by atoms with Crippen molar-refractivity contribution >= 4 is 44.3 Å². The van der Waals surface area contributed by atoms with Crippen LogP contribution in [0.25, 0.3) is 10.9 Å². The van der Waals surface area contributed by atoms with Crippen LogP contribution in [0, 0.1) is 0 Å². The van der Waals surface area contributed by atoms with Crippen molar-refractivity contribution in [3.05, 3.63) is 51.4 Å². The zero-order valence-corrected chi connectivity index (χ0v) is 15.0. The Bertz CT molecular complexity index is 971. The molecule has 3 aromatic rings. The number of nitrogens with zero attached hydrogens (tertiary/aromatic N) is 3. The van der Waals surface area contributed by atoms with E-state index in [1.165, 1.54) is 0 Å². The lowest BCUT2D eigenvalue weighted by atomic mass is 10.2. The molecule has 0 aliphatic carbocycles. The first kappa shape index (κ1) is 16.0. The number of anilines is 3. The van der Waals surface area contributed by atoms with Gasteiger partial charge in [0, 0.05) is 35.5 Å². The lowest BCUT2D eigenvalue weighted by Gasteiger charge is -2.18. The van der Waals surface area contributed by atoms with Gasteiger partial charge in [-0.1, -0.05) is 15.9 Å². The first-order valence-corrected chi connectivity index (χ1v) is 8.82. The maximum Gasteiger partial charge on any atom is 0.261 e. The van der Waals surface area contributed by atoms with Crippen LogP contribution in [0.3, 0.4) is 0 Å². The summed E-state index contributed by atoms with van der Waals surface area (Å²) >= 11 is 3.42. The summed E-state index contributed by atoms with van der Waals surface area (Å²) in [5, 5.41) is 3.68. The Labute approximate surface area is 152 Å². The molecule has 25 heavy (non-hydrogen) atoms. The third kappa shape index (κ3) is 3.22. The number of rotatable bonds is 3. The maximum absolute atomic E-state index is 12.3. The topological polar surface area (TPSA) is 99.9 Å². The molecule has 0 bridgehead atoms. The molecule has 1 aliphatic heterocycles. The minimum atomic E-state index is -0.221. The van der Waals surface area contributed by atoms with Crippen molar-refractivity contribution in [2.24, 2.45) is 5.73 Å². The van der Waals surface area contributed by atoms with Crippen molar-refractivity contribution in [3.8, 4) is 0 Å². The van der Waals surface area contributed by atoms with E-state index in [9.17, 15) is 4.79 Å². The summed E-state index contributed by atoms with van der Waals surface area (Å²) in [5.74, 6) is 1.08. The average Bonchev–Trinajstić information content (AvgIpc) is 3.03. The third-order valence-electron chi connectivity index (χ3n) is 4.22. The highest BCUT2D eigenvalue weighted by Gasteiger charge is 2.23. The fourth-order valence-electron chi connectivity index (χ4n) is 2.95. The van der Waals surface area contributed by atoms with E-state index in [1.54, 1.807) is 12.3 Å². The Kier molecular flexibility index (Phi) is 4.14. The van der Waals surface area contributed by atoms with Crippen LogP contribution in [0.15, 0.2) is 45.8 Å². The van der Waals surface area contributed by atoms with E-state index >= 15 is 0 Å². The number of halogens is 1. The molecule has 2 aromatic heterocycles. The van der Waals surface area contributed by atoms with Crippen LogP contribution in [0.5, 0.6) is 0 Å². The molecule has 128 valence electrons. The van der Waals surface area contributed by atoms with Gasteiger partial charge in [0.25, 0.3) is 5.56 Å². The second-order valence-corrected chi connectivity index (χ2v) is 6.98. The van der Waals surface area contributed by atoms with Crippen molar-refractivity contribution in [2.45, 2.75) is 12.5 Å². The van der Waals surface area contributed by atoms with Gasteiger partial charge in [-0.3, -0.25) is 4.79 Å². The van der Waals surface area contributed by atoms with Gasteiger partial charge < -0.3 is 20.9 Å². The molecular formula is C17H17BrN6O. The smallest absolute Gasteiger partial charge is 0.261 e. The fourth-order valence-corrected chi connectivity index (χ4v) is 3.21. The van der Waals surface area contributed by atoms with Crippen LogP contribution in [-0.4, -0.2) is 34.1 Å². The summed E-state index contributed by atoms with van der Waals surface area (Å²) < 4.78 is 0.982. The molecule has 4 N–H and O–H groups in total. The second-order valence-electron chi connectivity index (χ2n) is 6.07. The van der Waals surface area contributed by atoms with Gasteiger partial charge in [-0.2, -0.15) is 4.98 Å². The number of hydrogen-bond donors (Lipinski definition) is 3. The first-order valence-electron chi connectivity index (χ1n) is 8.03. The number of hydrogen-bond acceptors (Lipinski definition) is 6. The second kappa shape index (κ2) is 6.45. The molecule has 3 heterocycles. The number of benzene rings is 1. The molecule has 1 aliphatic rings. The highest BCUT2D eigenvalue weighted by molar-refractivity contribution is 9.10. The maximum atomic E-state index is 12.3. The van der Waals surface area contributed by atoms with Crippen molar-refractivity contribution in [2.75, 3.05) is 23.3 Å². The molecule has 0 saturated carbocycles. The standard InChI is InChI=1S/C17H17BrN6O/c18-10-1-3-12(4-2-10)21-15-14-13(5-7-20-16(14)25)22-17(23-15)24-8-6-11(19)9-24/h1-5,7,11H,6,8-9,19H2,(H,20,25)(H,21,22,23)/t11-/m1/s1. The minimum absolute atomic E-state index is 0.126. The molecule has 7 nitrogen and oxygen atoms in total. The lowest BCUT2D eigenvalue weighted by molar-refractivity contribution is 0.750. The van der Waals surface area contributed by atoms with Gasteiger partial charge in [0.05, 0.1) is 5.52 Å². The molecule has 1 aromatic carbocycles. The van der Waals surface area contributed by atoms with Crippen LogP contribution >= 0.6 is 15.9 Å². The zero-order valence-electron chi connectivity index (χ0n) is 13.4. The normalized spacial score (nSPS) is 17.2. The molecule has 0 unspecified atom stereocenters. The number of nitrogens with one attached hydrogen (secondary N) is 2. The quantitative estimate of drug-likeness (QED) is 0.623. The predicted octanol–water partition coefficient (Wildman–Crippen LogP) is 2.36. The molecule has 0 spiro atoms. The number of aromatic amines is 1. The van der Waals surface area contributed by atoms with Gasteiger partial charge in [-0.25, -0.2) is 4.98 Å². The van der Waals surface area contributed by atoms with E-state index in [1.807, 2.05) is 24.3 Å². The molecule has 1 atom stereocenters. The zero-order chi connectivity index (χ0) is 17.4. The summed E-state index contributed by atoms with van der Waals surface area (Å²) in [7, 11) is 0. The van der Waals surface area contributed by atoms with Crippen molar-refractivity contribution in [1.82, 2.24) is 15.0 Å². The van der Waals surface area contributed by atoms with Crippen molar-refractivity contribution in [3.63, 3.8) is 0 Å². The average molecular weight is 401 g/mol. The Morgan fingerprint density at radius 2 is 2.04 bits per heavy atom. The Morgan fingerprint density at radius 1 is 1.24 bits per heavy atom. The molecule has 4 rings (SSSR count). The van der Waals surface area contributed by atoms with Gasteiger partial charge in [-0.15, -0.1) is 0 Å². The van der Waals surface area contributed by atoms with Crippen LogP contribution in [0.2, 0.25) is 0 Å². The Balaban J connectivity index is 1.82. The van der Waals surface area contributed by atoms with Gasteiger partial charge in [0.15, 0.2) is 0 Å². The summed E-state index contributed by atoms with van der Waals surface area (Å²) in [6.45, 7) is 1.53. The molecule has 0 amide bonds. The highest BCUT2D eigenvalue weighted by atomic mass is 79.9. The third-order valence-corrected chi connectivity index (χ3v) is 4.75. The number of H-pyrrole nitrogens is 1. The molecule has 0 radical (unpaired) electrons. The monoisotopic (exact) mass is 400 g/mol. The van der Waals surface area contributed by atoms with Crippen LogP contribution in [0.1, 0.15) is 6.42 Å². The van der Waals surface area contributed by atoms with E-state index < -0.39 is 0 Å². The van der Waals surface area contributed by atoms with Crippen LogP contribution in [-0.2, 0) is 0 Å². The molecular weight excluding hydrogens is 384 g/mol. The molecule has 1 saturated heterocycles. The van der Waals surface area contributed by atoms with Crippen LogP contribution < -0.4 is 21.5 Å². The largest absolute Gasteiger partial charge is 0.339 e. The summed E-state index contributed by atoms with van der Waals surface area (Å²) in [6.07, 6.45) is 2.51. The number of pyridine rings is 1. The number of aromatic nitrogens is 3. The van der Waals surface area contributed by atoms with Gasteiger partial charge in [0.1, 0.15) is 11.2 Å². The summed E-state index contributed by atoms with van der Waals surface area (Å²) in [5.41, 5.74) is 7.23. The van der Waals surface area contributed by atoms with Crippen LogP contribution in [0.4, 0.5) is 17.5 Å². The van der Waals surface area contributed by atoms with E-state index in [0.717, 1.165) is 23.1 Å². The van der Waals surface area contributed by atoms with Crippen molar-refractivity contribution < 1.29 is 0 Å². The number of nitrogens with two attached hydrogens (primary N) is 1. The number of fused-ring (bicyclic) bond motifs is 1. The Hall–Kier alpha value is -2.45. The van der Waals surface area contributed by atoms with E-state index in [2.05, 4.69) is 41.1 Å². The first-order chi connectivity index (χ1) is 12.1. The highest BCUT2D eigenvalue weighted by Crippen LogP contribution is 2.26.